The summed E-state index contributed by atoms with van der Waals surface area (Å²) in [6.07, 6.45) is 2.76. The molecule has 0 spiro atoms. The second kappa shape index (κ2) is 6.02. The minimum atomic E-state index is 0.389. The predicted molar refractivity (Wildman–Crippen MR) is 86.6 cm³/mol. The summed E-state index contributed by atoms with van der Waals surface area (Å²) < 4.78 is 8.00. The fourth-order valence-corrected chi connectivity index (χ4v) is 4.01. The molecule has 22 heavy (non-hydrogen) atoms. The van der Waals surface area contributed by atoms with Crippen LogP contribution in [0.3, 0.4) is 0 Å². The van der Waals surface area contributed by atoms with Crippen molar-refractivity contribution in [3.63, 3.8) is 0 Å². The minimum Gasteiger partial charge on any atom is -0.377 e. The van der Waals surface area contributed by atoms with Crippen LogP contribution in [0, 0.1) is 6.92 Å². The van der Waals surface area contributed by atoms with Crippen LogP contribution in [0.25, 0.3) is 11.4 Å². The molecule has 116 valence electrons. The van der Waals surface area contributed by atoms with E-state index in [-0.39, 0.29) is 0 Å². The van der Waals surface area contributed by atoms with Crippen molar-refractivity contribution in [2.24, 2.45) is 0 Å². The zero-order chi connectivity index (χ0) is 14.9. The maximum absolute atomic E-state index is 5.77. The van der Waals surface area contributed by atoms with Crippen LogP contribution in [0.1, 0.15) is 18.4 Å². The molecule has 1 fully saturated rings. The lowest BCUT2D eigenvalue weighted by atomic mass is 10.1. The molecule has 2 aliphatic rings. The van der Waals surface area contributed by atoms with E-state index in [1.807, 2.05) is 0 Å². The van der Waals surface area contributed by atoms with E-state index < -0.39 is 0 Å². The number of thioether (sulfide) groups is 1. The minimum absolute atomic E-state index is 0.389. The lowest BCUT2D eigenvalue weighted by Crippen LogP contribution is -2.36. The molecule has 1 aromatic carbocycles. The van der Waals surface area contributed by atoms with Crippen molar-refractivity contribution in [1.82, 2.24) is 19.7 Å². The van der Waals surface area contributed by atoms with Crippen molar-refractivity contribution < 1.29 is 4.74 Å². The quantitative estimate of drug-likeness (QED) is 0.871. The molecule has 4 rings (SSSR count). The number of nitrogens with zero attached hydrogens (tertiary/aromatic N) is 4. The number of hydrogen-bond acceptors (Lipinski definition) is 5. The Morgan fingerprint density at radius 3 is 3.05 bits per heavy atom. The van der Waals surface area contributed by atoms with Gasteiger partial charge in [0.05, 0.1) is 18.6 Å². The van der Waals surface area contributed by atoms with E-state index in [1.165, 1.54) is 24.0 Å². The van der Waals surface area contributed by atoms with E-state index in [0.29, 0.717) is 6.10 Å². The Morgan fingerprint density at radius 1 is 1.32 bits per heavy atom. The molecule has 0 bridgehead atoms. The van der Waals surface area contributed by atoms with Gasteiger partial charge in [-0.05, 0) is 25.3 Å². The molecule has 0 radical (unpaired) electrons. The summed E-state index contributed by atoms with van der Waals surface area (Å²) >= 11 is 1.76. The van der Waals surface area contributed by atoms with Gasteiger partial charge >= 0.3 is 0 Å². The summed E-state index contributed by atoms with van der Waals surface area (Å²) in [7, 11) is 0. The molecule has 2 aromatic rings. The van der Waals surface area contributed by atoms with Crippen molar-refractivity contribution in [2.75, 3.05) is 19.0 Å². The van der Waals surface area contributed by atoms with Gasteiger partial charge in [0, 0.05) is 18.7 Å². The number of ether oxygens (including phenoxy) is 1. The smallest absolute Gasteiger partial charge is 0.193 e. The average molecular weight is 316 g/mol. The molecule has 1 atom stereocenters. The zero-order valence-corrected chi connectivity index (χ0v) is 13.6. The summed E-state index contributed by atoms with van der Waals surface area (Å²) in [4.78, 5) is 2.43. The summed E-state index contributed by atoms with van der Waals surface area (Å²) in [5, 5.41) is 9.80. The number of rotatable bonds is 3. The van der Waals surface area contributed by atoms with Gasteiger partial charge in [-0.25, -0.2) is 0 Å². The molecule has 1 aromatic heterocycles. The molecule has 0 aliphatic carbocycles. The maximum Gasteiger partial charge on any atom is 0.193 e. The Balaban J connectivity index is 1.58. The molecule has 0 amide bonds. The van der Waals surface area contributed by atoms with Gasteiger partial charge in [-0.15, -0.1) is 10.2 Å². The Bertz CT molecular complexity index is 666. The third-order valence-electron chi connectivity index (χ3n) is 4.31. The molecular formula is C16H20N4OS. The van der Waals surface area contributed by atoms with E-state index in [0.717, 1.165) is 36.7 Å². The monoisotopic (exact) mass is 316 g/mol. The van der Waals surface area contributed by atoms with Crippen LogP contribution in [0.2, 0.25) is 0 Å². The molecule has 1 unspecified atom stereocenters. The van der Waals surface area contributed by atoms with E-state index in [2.05, 4.69) is 50.9 Å². The van der Waals surface area contributed by atoms with Crippen molar-refractivity contribution in [2.45, 2.75) is 37.7 Å². The Labute approximate surface area is 134 Å². The third kappa shape index (κ3) is 2.66. The summed E-state index contributed by atoms with van der Waals surface area (Å²) in [5.74, 6) is 1.93. The molecule has 0 N–H and O–H groups in total. The fraction of sp³-hybridized carbons (Fsp3) is 0.500. The highest BCUT2D eigenvalue weighted by atomic mass is 32.2. The molecule has 3 heterocycles. The topological polar surface area (TPSA) is 43.2 Å². The first-order chi connectivity index (χ1) is 10.8. The van der Waals surface area contributed by atoms with Gasteiger partial charge in [-0.2, -0.15) is 0 Å². The normalized spacial score (nSPS) is 22.0. The van der Waals surface area contributed by atoms with E-state index in [1.54, 1.807) is 11.8 Å². The number of benzene rings is 1. The first kappa shape index (κ1) is 14.2. The van der Waals surface area contributed by atoms with Gasteiger partial charge in [0.25, 0.3) is 0 Å². The van der Waals surface area contributed by atoms with Gasteiger partial charge < -0.3 is 4.74 Å². The fourth-order valence-electron chi connectivity index (χ4n) is 3.12. The van der Waals surface area contributed by atoms with E-state index in [9.17, 15) is 0 Å². The number of aromatic nitrogens is 3. The van der Waals surface area contributed by atoms with Crippen LogP contribution in [0.15, 0.2) is 29.4 Å². The van der Waals surface area contributed by atoms with Crippen molar-refractivity contribution in [3.05, 3.63) is 29.8 Å². The van der Waals surface area contributed by atoms with Crippen LogP contribution in [-0.4, -0.2) is 44.8 Å². The highest BCUT2D eigenvalue weighted by Gasteiger charge is 2.26. The van der Waals surface area contributed by atoms with Crippen LogP contribution in [0.4, 0.5) is 0 Å². The molecule has 0 saturated carbocycles. The number of aryl methyl sites for hydroxylation is 1. The van der Waals surface area contributed by atoms with Gasteiger partial charge in [-0.3, -0.25) is 9.47 Å². The Hall–Kier alpha value is -1.37. The Morgan fingerprint density at radius 2 is 2.23 bits per heavy atom. The van der Waals surface area contributed by atoms with E-state index >= 15 is 0 Å². The molecular weight excluding hydrogens is 296 g/mol. The number of fused-ring (bicyclic) bond motifs is 1. The first-order valence-electron chi connectivity index (χ1n) is 7.77. The van der Waals surface area contributed by atoms with Crippen LogP contribution in [0.5, 0.6) is 0 Å². The second-order valence-corrected chi connectivity index (χ2v) is 6.86. The highest BCUT2D eigenvalue weighted by Crippen LogP contribution is 2.30. The lowest BCUT2D eigenvalue weighted by Gasteiger charge is -2.29. The molecule has 6 heteroatoms. The van der Waals surface area contributed by atoms with Gasteiger partial charge in [0.1, 0.15) is 0 Å². The van der Waals surface area contributed by atoms with Gasteiger partial charge in [0.2, 0.25) is 0 Å². The SMILES string of the molecule is Cc1ccccc1-c1nnc2n1CN(CC1CCCO1)CS2. The van der Waals surface area contributed by atoms with Crippen molar-refractivity contribution in [1.29, 1.82) is 0 Å². The summed E-state index contributed by atoms with van der Waals surface area (Å²) in [6, 6.07) is 8.36. The maximum atomic E-state index is 5.77. The molecule has 1 saturated heterocycles. The number of hydrogen-bond donors (Lipinski definition) is 0. The second-order valence-electron chi connectivity index (χ2n) is 5.95. The van der Waals surface area contributed by atoms with Crippen molar-refractivity contribution >= 4 is 11.8 Å². The van der Waals surface area contributed by atoms with Crippen LogP contribution < -0.4 is 0 Å². The van der Waals surface area contributed by atoms with E-state index in [4.69, 9.17) is 4.74 Å². The van der Waals surface area contributed by atoms with Crippen LogP contribution >= 0.6 is 11.8 Å². The third-order valence-corrected chi connectivity index (χ3v) is 5.36. The standard InChI is InChI=1S/C16H20N4OS/c1-12-5-2-3-7-14(12)15-17-18-16-20(15)10-19(11-22-16)9-13-6-4-8-21-13/h2-3,5,7,13H,4,6,8-11H2,1H3. The lowest BCUT2D eigenvalue weighted by molar-refractivity contribution is 0.0677. The average Bonchev–Trinajstić information content (AvgIpc) is 3.17. The summed E-state index contributed by atoms with van der Waals surface area (Å²) in [6.45, 7) is 4.88. The van der Waals surface area contributed by atoms with Crippen LogP contribution in [-0.2, 0) is 11.4 Å². The molecule has 5 nitrogen and oxygen atoms in total. The Kier molecular flexibility index (Phi) is 3.90. The summed E-state index contributed by atoms with van der Waals surface area (Å²) in [5.41, 5.74) is 2.40. The van der Waals surface area contributed by atoms with Gasteiger partial charge in [-0.1, -0.05) is 36.0 Å². The van der Waals surface area contributed by atoms with Crippen molar-refractivity contribution in [3.8, 4) is 11.4 Å². The molecule has 2 aliphatic heterocycles. The zero-order valence-electron chi connectivity index (χ0n) is 12.7. The highest BCUT2D eigenvalue weighted by molar-refractivity contribution is 7.99. The first-order valence-corrected chi connectivity index (χ1v) is 8.76. The predicted octanol–water partition coefficient (Wildman–Crippen LogP) is 2.76. The largest absolute Gasteiger partial charge is 0.377 e. The van der Waals surface area contributed by atoms with Gasteiger partial charge in [0.15, 0.2) is 11.0 Å².